The Morgan fingerprint density at radius 2 is 1.57 bits per heavy atom. The molecule has 3 aromatic carbocycles. The highest BCUT2D eigenvalue weighted by atomic mass is 19.1. The second-order valence-electron chi connectivity index (χ2n) is 10.2. The van der Waals surface area contributed by atoms with Crippen LogP contribution in [-0.2, 0) is 19.6 Å². The molecule has 0 spiro atoms. The topological polar surface area (TPSA) is 81.6 Å². The fourth-order valence-electron chi connectivity index (χ4n) is 4.92. The van der Waals surface area contributed by atoms with E-state index in [2.05, 4.69) is 32.8 Å². The third-order valence-electron chi connectivity index (χ3n) is 7.31. The van der Waals surface area contributed by atoms with Crippen LogP contribution in [0, 0.1) is 5.82 Å². The second kappa shape index (κ2) is 12.3. The molecule has 9 heteroatoms. The monoisotopic (exact) mass is 542 g/mol. The lowest BCUT2D eigenvalue weighted by Gasteiger charge is -2.32. The van der Waals surface area contributed by atoms with Crippen LogP contribution in [0.4, 0.5) is 20.6 Å². The van der Waals surface area contributed by atoms with Crippen LogP contribution in [0.25, 0.3) is 10.9 Å². The fraction of sp³-hybridized carbons (Fsp3) is 0.290. The van der Waals surface area contributed by atoms with Crippen LogP contribution < -0.4 is 16.0 Å². The first kappa shape index (κ1) is 27.4. The Morgan fingerprint density at radius 3 is 2.27 bits per heavy atom. The zero-order valence-corrected chi connectivity index (χ0v) is 22.9. The Bertz CT molecular complexity index is 1470. The number of piperazine rings is 1. The molecule has 1 aliphatic rings. The van der Waals surface area contributed by atoms with Crippen LogP contribution in [0.1, 0.15) is 28.4 Å². The smallest absolute Gasteiger partial charge is 0.319 e. The van der Waals surface area contributed by atoms with E-state index in [1.54, 1.807) is 12.1 Å². The zero-order valence-electron chi connectivity index (χ0n) is 22.9. The Hall–Kier alpha value is -4.21. The van der Waals surface area contributed by atoms with E-state index >= 15 is 0 Å². The number of hydrogen-bond acceptors (Lipinski definition) is 4. The molecule has 40 heavy (non-hydrogen) atoms. The standard InChI is InChI=1S/C31H35FN6O2/c1-3-38-21-28(35-31(40)33-19-22-6-10-25(32)11-7-22)27-18-26(12-13-29(27)38)34-30(39)24-8-4-23(5-9-24)20-37-16-14-36(2)15-17-37/h4-13,18,21H,3,14-17,19-20H2,1-2H3,(H,34,39)(H2,33,35,40). The van der Waals surface area contributed by atoms with E-state index in [-0.39, 0.29) is 24.3 Å². The molecule has 2 heterocycles. The summed E-state index contributed by atoms with van der Waals surface area (Å²) in [5, 5.41) is 9.52. The number of hydrogen-bond donors (Lipinski definition) is 3. The summed E-state index contributed by atoms with van der Waals surface area (Å²) in [7, 11) is 2.15. The van der Waals surface area contributed by atoms with Gasteiger partial charge >= 0.3 is 6.03 Å². The van der Waals surface area contributed by atoms with Crippen molar-refractivity contribution in [2.75, 3.05) is 43.9 Å². The fourth-order valence-corrected chi connectivity index (χ4v) is 4.92. The lowest BCUT2D eigenvalue weighted by Crippen LogP contribution is -2.43. The van der Waals surface area contributed by atoms with Crippen LogP contribution in [0.15, 0.2) is 72.9 Å². The van der Waals surface area contributed by atoms with Gasteiger partial charge in [0.15, 0.2) is 0 Å². The van der Waals surface area contributed by atoms with E-state index < -0.39 is 0 Å². The highest BCUT2D eigenvalue weighted by Crippen LogP contribution is 2.29. The molecule has 1 aromatic heterocycles. The van der Waals surface area contributed by atoms with Gasteiger partial charge in [-0.25, -0.2) is 9.18 Å². The molecule has 1 saturated heterocycles. The highest BCUT2D eigenvalue weighted by Gasteiger charge is 2.15. The normalized spacial score (nSPS) is 14.3. The van der Waals surface area contributed by atoms with E-state index in [1.165, 1.54) is 17.7 Å². The lowest BCUT2D eigenvalue weighted by atomic mass is 10.1. The van der Waals surface area contributed by atoms with Crippen LogP contribution in [0.5, 0.6) is 0 Å². The summed E-state index contributed by atoms with van der Waals surface area (Å²) < 4.78 is 15.2. The molecule has 0 unspecified atom stereocenters. The van der Waals surface area contributed by atoms with Crippen molar-refractivity contribution >= 4 is 34.2 Å². The van der Waals surface area contributed by atoms with Gasteiger partial charge in [0.05, 0.1) is 11.2 Å². The van der Waals surface area contributed by atoms with Crippen molar-refractivity contribution in [1.82, 2.24) is 19.7 Å². The molecule has 0 saturated carbocycles. The van der Waals surface area contributed by atoms with E-state index in [0.717, 1.165) is 55.7 Å². The number of carbonyl (C=O) groups is 2. The van der Waals surface area contributed by atoms with Crippen LogP contribution >= 0.6 is 0 Å². The average molecular weight is 543 g/mol. The third kappa shape index (κ3) is 6.67. The number of aryl methyl sites for hydroxylation is 1. The van der Waals surface area contributed by atoms with Crippen LogP contribution in [0.3, 0.4) is 0 Å². The summed E-state index contributed by atoms with van der Waals surface area (Å²) in [6.45, 7) is 8.15. The van der Waals surface area contributed by atoms with Crippen molar-refractivity contribution in [2.24, 2.45) is 0 Å². The van der Waals surface area contributed by atoms with E-state index in [1.807, 2.05) is 60.2 Å². The molecule has 0 atom stereocenters. The Morgan fingerprint density at radius 1 is 0.875 bits per heavy atom. The molecule has 1 fully saturated rings. The molecule has 208 valence electrons. The summed E-state index contributed by atoms with van der Waals surface area (Å²) in [6, 6.07) is 19.1. The summed E-state index contributed by atoms with van der Waals surface area (Å²) in [4.78, 5) is 30.4. The molecule has 1 aliphatic heterocycles. The molecule has 0 radical (unpaired) electrons. The summed E-state index contributed by atoms with van der Waals surface area (Å²) in [5.41, 5.74) is 4.80. The number of anilines is 2. The van der Waals surface area contributed by atoms with Crippen molar-refractivity contribution in [3.05, 3.63) is 95.4 Å². The molecule has 5 rings (SSSR count). The average Bonchev–Trinajstić information content (AvgIpc) is 3.30. The molecule has 3 amide bonds. The third-order valence-corrected chi connectivity index (χ3v) is 7.31. The molecule has 8 nitrogen and oxygen atoms in total. The number of carbonyl (C=O) groups excluding carboxylic acids is 2. The predicted octanol–water partition coefficient (Wildman–Crippen LogP) is 5.12. The van der Waals surface area contributed by atoms with Crippen molar-refractivity contribution in [2.45, 2.75) is 26.6 Å². The Kier molecular flexibility index (Phi) is 8.42. The van der Waals surface area contributed by atoms with Gasteiger partial charge in [-0.2, -0.15) is 0 Å². The lowest BCUT2D eigenvalue weighted by molar-refractivity contribution is 0.102. The van der Waals surface area contributed by atoms with Crippen LogP contribution in [-0.4, -0.2) is 59.5 Å². The Balaban J connectivity index is 1.24. The van der Waals surface area contributed by atoms with E-state index in [9.17, 15) is 14.0 Å². The number of rotatable bonds is 8. The Labute approximate surface area is 233 Å². The molecule has 0 aliphatic carbocycles. The number of fused-ring (bicyclic) bond motifs is 1. The van der Waals surface area contributed by atoms with Gasteiger partial charge in [0.2, 0.25) is 0 Å². The van der Waals surface area contributed by atoms with Gasteiger partial charge < -0.3 is 25.4 Å². The highest BCUT2D eigenvalue weighted by molar-refractivity contribution is 6.07. The number of amides is 3. The minimum atomic E-state index is -0.370. The van der Waals surface area contributed by atoms with E-state index in [0.29, 0.717) is 16.9 Å². The molecular weight excluding hydrogens is 507 g/mol. The number of aromatic nitrogens is 1. The molecule has 0 bridgehead atoms. The first-order valence-corrected chi connectivity index (χ1v) is 13.6. The van der Waals surface area contributed by atoms with Crippen LogP contribution in [0.2, 0.25) is 0 Å². The van der Waals surface area contributed by atoms with Crippen molar-refractivity contribution < 1.29 is 14.0 Å². The quantitative estimate of drug-likeness (QED) is 0.289. The van der Waals surface area contributed by atoms with Gasteiger partial charge in [0, 0.05) is 68.6 Å². The second-order valence-corrected chi connectivity index (χ2v) is 10.2. The first-order chi connectivity index (χ1) is 19.4. The number of nitrogens with one attached hydrogen (secondary N) is 3. The SMILES string of the molecule is CCn1cc(NC(=O)NCc2ccc(F)cc2)c2cc(NC(=O)c3ccc(CN4CCN(C)CC4)cc3)ccc21. The van der Waals surface area contributed by atoms with Gasteiger partial charge in [-0.3, -0.25) is 9.69 Å². The molecule has 4 aromatic rings. The van der Waals surface area contributed by atoms with Gasteiger partial charge in [-0.1, -0.05) is 24.3 Å². The number of likely N-dealkylation sites (N-methyl/N-ethyl adjacent to an activating group) is 1. The number of halogens is 1. The van der Waals surface area contributed by atoms with Crippen molar-refractivity contribution in [1.29, 1.82) is 0 Å². The summed E-state index contributed by atoms with van der Waals surface area (Å²) in [5.74, 6) is -0.506. The van der Waals surface area contributed by atoms with Gasteiger partial charge in [0.1, 0.15) is 5.82 Å². The van der Waals surface area contributed by atoms with Crippen molar-refractivity contribution in [3.63, 3.8) is 0 Å². The maximum absolute atomic E-state index is 13.1. The minimum absolute atomic E-state index is 0.188. The number of nitrogens with zero attached hydrogens (tertiary/aromatic N) is 3. The van der Waals surface area contributed by atoms with E-state index in [4.69, 9.17) is 0 Å². The van der Waals surface area contributed by atoms with Gasteiger partial charge in [-0.15, -0.1) is 0 Å². The summed E-state index contributed by atoms with van der Waals surface area (Å²) >= 11 is 0. The summed E-state index contributed by atoms with van der Waals surface area (Å²) in [6.07, 6.45) is 1.88. The number of urea groups is 1. The molecule has 3 N–H and O–H groups in total. The molecular formula is C31H35FN6O2. The minimum Gasteiger partial charge on any atom is -0.346 e. The van der Waals surface area contributed by atoms with Gasteiger partial charge in [-0.05, 0) is 67.6 Å². The maximum Gasteiger partial charge on any atom is 0.319 e. The largest absolute Gasteiger partial charge is 0.346 e. The zero-order chi connectivity index (χ0) is 28.1. The van der Waals surface area contributed by atoms with Crippen molar-refractivity contribution in [3.8, 4) is 0 Å². The predicted molar refractivity (Wildman–Crippen MR) is 157 cm³/mol. The van der Waals surface area contributed by atoms with Gasteiger partial charge in [0.25, 0.3) is 5.91 Å². The first-order valence-electron chi connectivity index (χ1n) is 13.6. The maximum atomic E-state index is 13.1. The number of benzene rings is 3.